The number of nitrogens with zero attached hydrogens (tertiary/aromatic N) is 4. The van der Waals surface area contributed by atoms with Crippen LogP contribution in [0.4, 0.5) is 17.5 Å². The lowest BCUT2D eigenvalue weighted by Crippen LogP contribution is -2.25. The summed E-state index contributed by atoms with van der Waals surface area (Å²) in [6, 6.07) is 24.9. The number of aromatic nitrogens is 3. The molecule has 5 heteroatoms. The second-order valence-electron chi connectivity index (χ2n) is 7.40. The van der Waals surface area contributed by atoms with E-state index >= 15 is 0 Å². The fourth-order valence-electron chi connectivity index (χ4n) is 3.86. The van der Waals surface area contributed by atoms with Gasteiger partial charge in [0, 0.05) is 42.8 Å². The third kappa shape index (κ3) is 3.87. The van der Waals surface area contributed by atoms with E-state index in [0.717, 1.165) is 42.0 Å². The van der Waals surface area contributed by atoms with Crippen molar-refractivity contribution < 1.29 is 0 Å². The van der Waals surface area contributed by atoms with Gasteiger partial charge < -0.3 is 10.2 Å². The summed E-state index contributed by atoms with van der Waals surface area (Å²) in [7, 11) is 0. The van der Waals surface area contributed by atoms with Crippen LogP contribution in [0.5, 0.6) is 0 Å². The molecule has 0 aliphatic carbocycles. The monoisotopic (exact) mass is 393 g/mol. The Morgan fingerprint density at radius 3 is 2.63 bits per heavy atom. The van der Waals surface area contributed by atoms with Crippen LogP contribution in [0.1, 0.15) is 17.5 Å². The average Bonchev–Trinajstić information content (AvgIpc) is 2.83. The molecule has 1 aliphatic heterocycles. The molecule has 0 spiro atoms. The van der Waals surface area contributed by atoms with Gasteiger partial charge in [-0.05, 0) is 36.1 Å². The van der Waals surface area contributed by atoms with Crippen molar-refractivity contribution in [3.63, 3.8) is 0 Å². The average molecular weight is 393 g/mol. The zero-order valence-corrected chi connectivity index (χ0v) is 16.7. The van der Waals surface area contributed by atoms with Gasteiger partial charge in [-0.2, -0.15) is 4.98 Å². The summed E-state index contributed by atoms with van der Waals surface area (Å²) in [5.41, 5.74) is 5.69. The van der Waals surface area contributed by atoms with E-state index in [4.69, 9.17) is 9.97 Å². The number of hydrogen-bond acceptors (Lipinski definition) is 5. The predicted molar refractivity (Wildman–Crippen MR) is 121 cm³/mol. The highest BCUT2D eigenvalue weighted by Crippen LogP contribution is 2.34. The fraction of sp³-hybridized carbons (Fsp3) is 0.160. The molecule has 5 rings (SSSR count). The van der Waals surface area contributed by atoms with Crippen molar-refractivity contribution in [1.29, 1.82) is 0 Å². The first-order valence-electron chi connectivity index (χ1n) is 10.3. The number of aryl methyl sites for hydroxylation is 1. The third-order valence-electron chi connectivity index (χ3n) is 5.34. The molecule has 0 amide bonds. The Balaban J connectivity index is 1.53. The summed E-state index contributed by atoms with van der Waals surface area (Å²) < 4.78 is 0. The molecule has 0 unspecified atom stereocenters. The van der Waals surface area contributed by atoms with E-state index in [0.29, 0.717) is 12.5 Å². The van der Waals surface area contributed by atoms with Crippen LogP contribution in [0, 0.1) is 0 Å². The fourth-order valence-corrected chi connectivity index (χ4v) is 3.86. The van der Waals surface area contributed by atoms with Gasteiger partial charge in [-0.3, -0.25) is 4.98 Å². The SMILES string of the molecule is c1ccc(-c2cc(N3CCCc4ccccc43)nc(NCc3cccnc3)n2)cc1. The quantitative estimate of drug-likeness (QED) is 0.503. The zero-order chi connectivity index (χ0) is 20.2. The van der Waals surface area contributed by atoms with Crippen LogP contribution in [-0.4, -0.2) is 21.5 Å². The van der Waals surface area contributed by atoms with Gasteiger partial charge in [0.05, 0.1) is 5.69 Å². The lowest BCUT2D eigenvalue weighted by Gasteiger charge is -2.30. The van der Waals surface area contributed by atoms with E-state index in [9.17, 15) is 0 Å². The molecule has 0 atom stereocenters. The molecule has 148 valence electrons. The van der Waals surface area contributed by atoms with E-state index < -0.39 is 0 Å². The second-order valence-corrected chi connectivity index (χ2v) is 7.40. The van der Waals surface area contributed by atoms with Crippen molar-refractivity contribution in [2.24, 2.45) is 0 Å². The first kappa shape index (κ1) is 18.3. The molecule has 1 N–H and O–H groups in total. The number of nitrogens with one attached hydrogen (secondary N) is 1. The Kier molecular flexibility index (Phi) is 5.08. The molecule has 30 heavy (non-hydrogen) atoms. The van der Waals surface area contributed by atoms with Gasteiger partial charge in [0.1, 0.15) is 5.82 Å². The molecule has 2 aromatic carbocycles. The highest BCUT2D eigenvalue weighted by molar-refractivity contribution is 5.71. The summed E-state index contributed by atoms with van der Waals surface area (Å²) in [5.74, 6) is 1.54. The number of benzene rings is 2. The molecule has 3 heterocycles. The van der Waals surface area contributed by atoms with Crippen LogP contribution in [0.15, 0.2) is 85.2 Å². The Morgan fingerprint density at radius 2 is 1.77 bits per heavy atom. The number of para-hydroxylation sites is 1. The molecule has 4 aromatic rings. The van der Waals surface area contributed by atoms with Crippen molar-refractivity contribution in [3.05, 3.63) is 96.3 Å². The second kappa shape index (κ2) is 8.33. The lowest BCUT2D eigenvalue weighted by molar-refractivity contribution is 0.759. The molecule has 0 saturated heterocycles. The van der Waals surface area contributed by atoms with Gasteiger partial charge in [0.15, 0.2) is 0 Å². The smallest absolute Gasteiger partial charge is 0.225 e. The number of hydrogen-bond donors (Lipinski definition) is 1. The standard InChI is InChI=1S/C25H23N5/c1-2-9-20(10-3-1)22-16-24(30-15-7-12-21-11-4-5-13-23(21)30)29-25(28-22)27-18-19-8-6-14-26-17-19/h1-6,8-11,13-14,16-17H,7,12,15,18H2,(H,27,28,29). The highest BCUT2D eigenvalue weighted by atomic mass is 15.2. The predicted octanol–water partition coefficient (Wildman–Crippen LogP) is 5.24. The molecule has 5 nitrogen and oxygen atoms in total. The van der Waals surface area contributed by atoms with E-state index in [1.54, 1.807) is 6.20 Å². The zero-order valence-electron chi connectivity index (χ0n) is 16.7. The van der Waals surface area contributed by atoms with Crippen molar-refractivity contribution in [2.75, 3.05) is 16.8 Å². The minimum atomic E-state index is 0.623. The summed E-state index contributed by atoms with van der Waals surface area (Å²) in [4.78, 5) is 16.2. The molecule has 0 saturated carbocycles. The van der Waals surface area contributed by atoms with Crippen LogP contribution < -0.4 is 10.2 Å². The molecular weight excluding hydrogens is 370 g/mol. The Hall–Kier alpha value is -3.73. The van der Waals surface area contributed by atoms with Crippen molar-refractivity contribution in [1.82, 2.24) is 15.0 Å². The summed E-state index contributed by atoms with van der Waals surface area (Å²) >= 11 is 0. The minimum Gasteiger partial charge on any atom is -0.350 e. The van der Waals surface area contributed by atoms with Crippen LogP contribution in [0.2, 0.25) is 0 Å². The number of anilines is 3. The number of fused-ring (bicyclic) bond motifs is 1. The van der Waals surface area contributed by atoms with E-state index in [1.165, 1.54) is 11.3 Å². The number of rotatable bonds is 5. The topological polar surface area (TPSA) is 53.9 Å². The maximum Gasteiger partial charge on any atom is 0.225 e. The van der Waals surface area contributed by atoms with Gasteiger partial charge in [0.2, 0.25) is 5.95 Å². The normalized spacial score (nSPS) is 13.0. The summed E-state index contributed by atoms with van der Waals surface area (Å²) in [6.45, 7) is 1.58. The molecular formula is C25H23N5. The van der Waals surface area contributed by atoms with Crippen LogP contribution in [0.3, 0.4) is 0 Å². The van der Waals surface area contributed by atoms with E-state index in [1.807, 2.05) is 36.5 Å². The molecule has 1 aliphatic rings. The first-order chi connectivity index (χ1) is 14.9. The first-order valence-corrected chi connectivity index (χ1v) is 10.3. The lowest BCUT2D eigenvalue weighted by atomic mass is 10.0. The maximum absolute atomic E-state index is 4.88. The van der Waals surface area contributed by atoms with Gasteiger partial charge in [-0.1, -0.05) is 54.6 Å². The Morgan fingerprint density at radius 1 is 0.900 bits per heavy atom. The Labute approximate surface area is 176 Å². The summed E-state index contributed by atoms with van der Waals surface area (Å²) in [6.07, 6.45) is 5.85. The number of pyridine rings is 1. The van der Waals surface area contributed by atoms with Crippen LogP contribution in [-0.2, 0) is 13.0 Å². The highest BCUT2D eigenvalue weighted by Gasteiger charge is 2.20. The van der Waals surface area contributed by atoms with Crippen molar-refractivity contribution in [2.45, 2.75) is 19.4 Å². The van der Waals surface area contributed by atoms with Gasteiger partial charge in [-0.25, -0.2) is 4.98 Å². The molecule has 0 bridgehead atoms. The van der Waals surface area contributed by atoms with E-state index in [2.05, 4.69) is 57.7 Å². The maximum atomic E-state index is 4.88. The molecule has 0 fully saturated rings. The van der Waals surface area contributed by atoms with Gasteiger partial charge >= 0.3 is 0 Å². The molecule has 0 radical (unpaired) electrons. The van der Waals surface area contributed by atoms with Crippen LogP contribution >= 0.6 is 0 Å². The summed E-state index contributed by atoms with van der Waals surface area (Å²) in [5, 5.41) is 3.39. The van der Waals surface area contributed by atoms with Gasteiger partial charge in [-0.15, -0.1) is 0 Å². The van der Waals surface area contributed by atoms with Crippen LogP contribution in [0.25, 0.3) is 11.3 Å². The van der Waals surface area contributed by atoms with Crippen molar-refractivity contribution >= 4 is 17.5 Å². The van der Waals surface area contributed by atoms with Gasteiger partial charge in [0.25, 0.3) is 0 Å². The van der Waals surface area contributed by atoms with E-state index in [-0.39, 0.29) is 0 Å². The molecule has 2 aromatic heterocycles. The Bertz CT molecular complexity index is 1130. The largest absolute Gasteiger partial charge is 0.350 e. The van der Waals surface area contributed by atoms with Crippen molar-refractivity contribution in [3.8, 4) is 11.3 Å². The minimum absolute atomic E-state index is 0.623. The third-order valence-corrected chi connectivity index (χ3v) is 5.34.